The minimum Gasteiger partial charge on any atom is -0.339 e. The number of H-pyrrole nitrogens is 1. The molecule has 0 saturated carbocycles. The fourth-order valence-electron chi connectivity index (χ4n) is 3.75. The van der Waals surface area contributed by atoms with Crippen molar-refractivity contribution in [2.24, 2.45) is 0 Å². The Kier molecular flexibility index (Phi) is 9.55. The van der Waals surface area contributed by atoms with E-state index >= 15 is 0 Å². The van der Waals surface area contributed by atoms with Crippen LogP contribution in [0.2, 0.25) is 0 Å². The van der Waals surface area contributed by atoms with Crippen LogP contribution >= 0.6 is 23.2 Å². The Bertz CT molecular complexity index is 1230. The fraction of sp³-hybridized carbons (Fsp3) is 0.435. The van der Waals surface area contributed by atoms with Gasteiger partial charge in [-0.2, -0.15) is 14.6 Å². The number of amides is 2. The Balaban J connectivity index is 1.78. The smallest absolute Gasteiger partial charge is 0.270 e. The predicted octanol–water partition coefficient (Wildman–Crippen LogP) is 4.96. The summed E-state index contributed by atoms with van der Waals surface area (Å²) in [6.45, 7) is 4.69. The monoisotopic (exact) mass is 559 g/mol. The van der Waals surface area contributed by atoms with E-state index in [1.165, 1.54) is 31.3 Å². The normalized spacial score (nSPS) is 13.1. The van der Waals surface area contributed by atoms with Crippen molar-refractivity contribution >= 4 is 40.8 Å². The minimum atomic E-state index is -2.76. The molecule has 0 aromatic carbocycles. The number of hydrogen-bond donors (Lipinski definition) is 3. The molecule has 0 fully saturated rings. The van der Waals surface area contributed by atoms with Gasteiger partial charge in [0.2, 0.25) is 11.9 Å². The third kappa shape index (κ3) is 7.01. The standard InChI is InChI=1S/C23H26Cl2F3N7O2/c1-11-19(12(2)34-33-11)14-7-8-18(31-21(14)28)32-22(36)15(5-4-6-17(24)25)30-23(37)16-9-10-29-35(16)13(3)20(26)27/h7-10,13,15,17,20H,4-6H2,1-3H3,(H,30,37)(H,33,34)(H,31,32,36)/t13?,15-/m0/s1. The van der Waals surface area contributed by atoms with Crippen molar-refractivity contribution in [3.8, 4) is 11.1 Å². The molecule has 9 nitrogen and oxygen atoms in total. The molecule has 14 heteroatoms. The molecule has 3 rings (SSSR count). The first-order valence-corrected chi connectivity index (χ1v) is 12.3. The van der Waals surface area contributed by atoms with Gasteiger partial charge in [0.05, 0.1) is 5.69 Å². The van der Waals surface area contributed by atoms with E-state index in [9.17, 15) is 22.8 Å². The molecule has 3 heterocycles. The number of anilines is 1. The molecule has 2 amide bonds. The van der Waals surface area contributed by atoms with Crippen LogP contribution in [0, 0.1) is 19.8 Å². The lowest BCUT2D eigenvalue weighted by molar-refractivity contribution is -0.118. The van der Waals surface area contributed by atoms with E-state index in [-0.39, 0.29) is 23.5 Å². The van der Waals surface area contributed by atoms with E-state index in [0.29, 0.717) is 29.8 Å². The number of nitrogens with one attached hydrogen (secondary N) is 3. The molecule has 0 aliphatic carbocycles. The molecule has 1 unspecified atom stereocenters. The van der Waals surface area contributed by atoms with E-state index in [2.05, 4.69) is 30.9 Å². The zero-order valence-corrected chi connectivity index (χ0v) is 21.7. The molecule has 3 N–H and O–H groups in total. The zero-order chi connectivity index (χ0) is 27.3. The number of halogens is 5. The maximum atomic E-state index is 14.8. The second-order valence-electron chi connectivity index (χ2n) is 8.42. The van der Waals surface area contributed by atoms with Gasteiger partial charge < -0.3 is 10.6 Å². The quantitative estimate of drug-likeness (QED) is 0.226. The number of hydrogen-bond acceptors (Lipinski definition) is 5. The first kappa shape index (κ1) is 28.5. The fourth-order valence-corrected chi connectivity index (χ4v) is 4.06. The summed E-state index contributed by atoms with van der Waals surface area (Å²) in [7, 11) is 0. The van der Waals surface area contributed by atoms with Crippen LogP contribution < -0.4 is 10.6 Å². The molecule has 37 heavy (non-hydrogen) atoms. The lowest BCUT2D eigenvalue weighted by Crippen LogP contribution is -2.44. The topological polar surface area (TPSA) is 118 Å². The van der Waals surface area contributed by atoms with Crippen molar-refractivity contribution in [3.63, 3.8) is 0 Å². The maximum absolute atomic E-state index is 14.8. The number of nitrogens with zero attached hydrogens (tertiary/aromatic N) is 4. The first-order chi connectivity index (χ1) is 17.5. The maximum Gasteiger partial charge on any atom is 0.270 e. The molecule has 0 spiro atoms. The van der Waals surface area contributed by atoms with Gasteiger partial charge in [0.25, 0.3) is 12.3 Å². The summed E-state index contributed by atoms with van der Waals surface area (Å²) in [4.78, 5) is 29.1. The average Bonchev–Trinajstić information content (AvgIpc) is 3.44. The summed E-state index contributed by atoms with van der Waals surface area (Å²) in [6, 6.07) is 1.68. The van der Waals surface area contributed by atoms with Gasteiger partial charge in [0, 0.05) is 23.0 Å². The highest BCUT2D eigenvalue weighted by molar-refractivity contribution is 6.44. The van der Waals surface area contributed by atoms with Crippen LogP contribution in [-0.2, 0) is 4.79 Å². The van der Waals surface area contributed by atoms with E-state index in [1.54, 1.807) is 13.8 Å². The second kappa shape index (κ2) is 12.4. The highest BCUT2D eigenvalue weighted by Crippen LogP contribution is 2.28. The van der Waals surface area contributed by atoms with Gasteiger partial charge in [-0.05, 0) is 58.2 Å². The third-order valence-electron chi connectivity index (χ3n) is 5.69. The lowest BCUT2D eigenvalue weighted by Gasteiger charge is -2.20. The number of aryl methyl sites for hydroxylation is 2. The van der Waals surface area contributed by atoms with E-state index < -0.39 is 41.1 Å². The van der Waals surface area contributed by atoms with Crippen molar-refractivity contribution in [2.75, 3.05) is 5.32 Å². The van der Waals surface area contributed by atoms with Gasteiger partial charge in [-0.3, -0.25) is 19.4 Å². The molecule has 0 bridgehead atoms. The molecule has 3 aromatic rings. The van der Waals surface area contributed by atoms with Gasteiger partial charge in [-0.15, -0.1) is 23.2 Å². The van der Waals surface area contributed by atoms with Crippen LogP contribution in [0.25, 0.3) is 11.1 Å². The molecule has 3 aromatic heterocycles. The summed E-state index contributed by atoms with van der Waals surface area (Å²) in [5.41, 5.74) is 1.89. The minimum absolute atomic E-state index is 0.0757. The van der Waals surface area contributed by atoms with Crippen LogP contribution in [0.5, 0.6) is 0 Å². The van der Waals surface area contributed by atoms with Gasteiger partial charge in [-0.1, -0.05) is 0 Å². The van der Waals surface area contributed by atoms with Crippen molar-refractivity contribution in [2.45, 2.75) is 63.4 Å². The average molecular weight is 560 g/mol. The second-order valence-corrected chi connectivity index (χ2v) is 9.69. The molecule has 0 aliphatic rings. The highest BCUT2D eigenvalue weighted by Gasteiger charge is 2.27. The molecule has 2 atom stereocenters. The Morgan fingerprint density at radius 3 is 2.49 bits per heavy atom. The van der Waals surface area contributed by atoms with Crippen molar-refractivity contribution < 1.29 is 22.8 Å². The van der Waals surface area contributed by atoms with Crippen molar-refractivity contribution in [1.29, 1.82) is 0 Å². The predicted molar refractivity (Wildman–Crippen MR) is 133 cm³/mol. The molecule has 0 saturated heterocycles. The molecule has 0 radical (unpaired) electrons. The van der Waals surface area contributed by atoms with Crippen LogP contribution in [0.4, 0.5) is 19.0 Å². The Morgan fingerprint density at radius 2 is 1.89 bits per heavy atom. The Morgan fingerprint density at radius 1 is 1.16 bits per heavy atom. The third-order valence-corrected chi connectivity index (χ3v) is 6.12. The zero-order valence-electron chi connectivity index (χ0n) is 20.2. The number of aromatic amines is 1. The van der Waals surface area contributed by atoms with Crippen LogP contribution in [0.3, 0.4) is 0 Å². The number of rotatable bonds is 11. The van der Waals surface area contributed by atoms with Gasteiger partial charge in [0.1, 0.15) is 28.4 Å². The number of carbonyl (C=O) groups is 2. The van der Waals surface area contributed by atoms with Crippen LogP contribution in [-0.4, -0.2) is 54.1 Å². The molecular weight excluding hydrogens is 534 g/mol. The molecule has 200 valence electrons. The summed E-state index contributed by atoms with van der Waals surface area (Å²) in [6.07, 6.45) is -0.712. The molecule has 0 aliphatic heterocycles. The van der Waals surface area contributed by atoms with Crippen LogP contribution in [0.1, 0.15) is 54.1 Å². The Labute approximate surface area is 221 Å². The SMILES string of the molecule is Cc1n[nH]c(C)c1-c1ccc(NC(=O)[C@H](CCCC(Cl)Cl)NC(=O)c2ccnn2C(C)C(F)F)nc1F. The number of carbonyl (C=O) groups excluding carboxylic acids is 2. The summed E-state index contributed by atoms with van der Waals surface area (Å²) in [5, 5.41) is 15.6. The first-order valence-electron chi connectivity index (χ1n) is 11.4. The van der Waals surface area contributed by atoms with Crippen molar-refractivity contribution in [3.05, 3.63) is 47.4 Å². The van der Waals surface area contributed by atoms with E-state index in [4.69, 9.17) is 23.2 Å². The van der Waals surface area contributed by atoms with Crippen molar-refractivity contribution in [1.82, 2.24) is 30.3 Å². The number of pyridine rings is 1. The summed E-state index contributed by atoms with van der Waals surface area (Å²) >= 11 is 11.6. The summed E-state index contributed by atoms with van der Waals surface area (Å²) in [5.74, 6) is -2.35. The van der Waals surface area contributed by atoms with Gasteiger partial charge in [-0.25, -0.2) is 13.8 Å². The van der Waals surface area contributed by atoms with E-state index in [0.717, 1.165) is 4.68 Å². The molecular formula is C23H26Cl2F3N7O2. The highest BCUT2D eigenvalue weighted by atomic mass is 35.5. The number of alkyl halides is 4. The Hall–Kier alpha value is -3.12. The van der Waals surface area contributed by atoms with Crippen LogP contribution in [0.15, 0.2) is 24.4 Å². The largest absolute Gasteiger partial charge is 0.339 e. The summed E-state index contributed by atoms with van der Waals surface area (Å²) < 4.78 is 42.1. The van der Waals surface area contributed by atoms with Gasteiger partial charge >= 0.3 is 0 Å². The number of aromatic nitrogens is 5. The van der Waals surface area contributed by atoms with E-state index in [1.807, 2.05) is 0 Å². The lowest BCUT2D eigenvalue weighted by atomic mass is 10.1. The van der Waals surface area contributed by atoms with Gasteiger partial charge in [0.15, 0.2) is 0 Å².